The van der Waals surface area contributed by atoms with Gasteiger partial charge in [-0.15, -0.1) is 0 Å². The number of nitrogens with one attached hydrogen (secondary N) is 2. The van der Waals surface area contributed by atoms with Gasteiger partial charge in [-0.1, -0.05) is 18.2 Å². The van der Waals surface area contributed by atoms with Crippen LogP contribution in [0, 0.1) is 5.82 Å². The molecule has 33 heavy (non-hydrogen) atoms. The Kier molecular flexibility index (Phi) is 6.79. The van der Waals surface area contributed by atoms with Crippen LogP contribution in [0.1, 0.15) is 32.8 Å². The number of ether oxygens (including phenoxy) is 1. The number of benzene rings is 2. The van der Waals surface area contributed by atoms with Crippen LogP contribution in [0.3, 0.4) is 0 Å². The third-order valence-electron chi connectivity index (χ3n) is 6.42. The highest BCUT2D eigenvalue weighted by atomic mass is 19.1. The number of carbonyl (C=O) groups is 1. The van der Waals surface area contributed by atoms with Crippen LogP contribution in [0.4, 0.5) is 15.8 Å². The molecule has 4 rings (SSSR count). The molecule has 2 aromatic rings. The van der Waals surface area contributed by atoms with Crippen molar-refractivity contribution in [2.24, 2.45) is 0 Å². The highest BCUT2D eigenvalue weighted by molar-refractivity contribution is 5.84. The van der Waals surface area contributed by atoms with Crippen LogP contribution in [0.2, 0.25) is 0 Å². The summed E-state index contributed by atoms with van der Waals surface area (Å²) in [5.41, 5.74) is 3.01. The summed E-state index contributed by atoms with van der Waals surface area (Å²) in [5, 5.41) is 6.86. The Morgan fingerprint density at radius 3 is 2.58 bits per heavy atom. The average Bonchev–Trinajstić information content (AvgIpc) is 2.78. The molecule has 1 fully saturated rings. The Morgan fingerprint density at radius 2 is 1.88 bits per heavy atom. The monoisotopic (exact) mass is 454 g/mol. The molecule has 2 aliphatic heterocycles. The van der Waals surface area contributed by atoms with Crippen LogP contribution in [0.15, 0.2) is 42.5 Å². The van der Waals surface area contributed by atoms with Gasteiger partial charge >= 0.3 is 0 Å². The Labute approximate surface area is 196 Å². The van der Waals surface area contributed by atoms with Crippen LogP contribution >= 0.6 is 0 Å². The summed E-state index contributed by atoms with van der Waals surface area (Å²) >= 11 is 0. The van der Waals surface area contributed by atoms with Crippen LogP contribution in [-0.4, -0.2) is 61.7 Å². The second-order valence-electron chi connectivity index (χ2n) is 9.97. The molecule has 2 N–H and O–H groups in total. The van der Waals surface area contributed by atoms with Gasteiger partial charge in [0.25, 0.3) is 0 Å². The molecule has 2 atom stereocenters. The number of anilines is 2. The van der Waals surface area contributed by atoms with Gasteiger partial charge in [0.15, 0.2) is 0 Å². The average molecular weight is 455 g/mol. The summed E-state index contributed by atoms with van der Waals surface area (Å²) in [6.07, 6.45) is 1.87. The second kappa shape index (κ2) is 9.59. The van der Waals surface area contributed by atoms with Gasteiger partial charge in [-0.3, -0.25) is 9.69 Å². The molecule has 0 spiro atoms. The molecule has 0 aliphatic carbocycles. The number of amides is 1. The summed E-state index contributed by atoms with van der Waals surface area (Å²) in [5.74, 6) is 0.292. The zero-order valence-corrected chi connectivity index (χ0v) is 20.0. The maximum Gasteiger partial charge on any atom is 0.239 e. The number of piperazine rings is 1. The fraction of sp³-hybridized carbons (Fsp3) is 0.500. The quantitative estimate of drug-likeness (QED) is 0.722. The lowest BCUT2D eigenvalue weighted by Gasteiger charge is -2.44. The minimum atomic E-state index is -0.309. The Bertz CT molecular complexity index is 982. The van der Waals surface area contributed by atoms with Crippen molar-refractivity contribution in [2.75, 3.05) is 43.5 Å². The van der Waals surface area contributed by atoms with Gasteiger partial charge in [0.05, 0.1) is 18.8 Å². The lowest BCUT2D eigenvalue weighted by molar-refractivity contribution is -0.128. The predicted molar refractivity (Wildman–Crippen MR) is 131 cm³/mol. The summed E-state index contributed by atoms with van der Waals surface area (Å²) in [4.78, 5) is 18.0. The maximum absolute atomic E-state index is 13.6. The van der Waals surface area contributed by atoms with Gasteiger partial charge in [0.2, 0.25) is 5.91 Å². The van der Waals surface area contributed by atoms with E-state index in [2.05, 4.69) is 38.6 Å². The van der Waals surface area contributed by atoms with E-state index in [9.17, 15) is 9.18 Å². The number of aryl methyl sites for hydroxylation is 1. The van der Waals surface area contributed by atoms with Crippen LogP contribution in [0.5, 0.6) is 5.75 Å². The van der Waals surface area contributed by atoms with Crippen molar-refractivity contribution in [3.8, 4) is 5.75 Å². The van der Waals surface area contributed by atoms with E-state index in [1.54, 1.807) is 13.2 Å². The van der Waals surface area contributed by atoms with Crippen molar-refractivity contribution >= 4 is 17.3 Å². The van der Waals surface area contributed by atoms with E-state index in [0.717, 1.165) is 50.4 Å². The topological polar surface area (TPSA) is 56.8 Å². The van der Waals surface area contributed by atoms with Gasteiger partial charge < -0.3 is 20.3 Å². The molecule has 1 saturated heterocycles. The van der Waals surface area contributed by atoms with Gasteiger partial charge in [0, 0.05) is 43.5 Å². The number of fused-ring (bicyclic) bond motifs is 1. The SMILES string of the molecule is COc1cc(F)ccc1N1CCN(C(C(=O)NC(C)(C)C)C2CCc3ccccc3N2)CC1. The Morgan fingerprint density at radius 1 is 1.15 bits per heavy atom. The molecule has 7 heteroatoms. The van der Waals surface area contributed by atoms with Crippen molar-refractivity contribution in [1.29, 1.82) is 0 Å². The van der Waals surface area contributed by atoms with Crippen LogP contribution < -0.4 is 20.3 Å². The second-order valence-corrected chi connectivity index (χ2v) is 9.97. The van der Waals surface area contributed by atoms with E-state index in [-0.39, 0.29) is 29.3 Å². The predicted octanol–water partition coefficient (Wildman–Crippen LogP) is 3.67. The van der Waals surface area contributed by atoms with Gasteiger partial charge in [-0.25, -0.2) is 4.39 Å². The zero-order valence-electron chi connectivity index (χ0n) is 20.0. The number of rotatable bonds is 5. The van der Waals surface area contributed by atoms with Crippen molar-refractivity contribution < 1.29 is 13.9 Å². The molecule has 0 bridgehead atoms. The smallest absolute Gasteiger partial charge is 0.239 e. The van der Waals surface area contributed by atoms with Gasteiger partial charge in [-0.05, 0) is 57.4 Å². The lowest BCUT2D eigenvalue weighted by Crippen LogP contribution is -2.62. The molecule has 0 radical (unpaired) electrons. The fourth-order valence-corrected chi connectivity index (χ4v) is 4.90. The van der Waals surface area contributed by atoms with Crippen molar-refractivity contribution in [2.45, 2.75) is 51.2 Å². The fourth-order valence-electron chi connectivity index (χ4n) is 4.90. The molecule has 0 aromatic heterocycles. The zero-order chi connectivity index (χ0) is 23.6. The van der Waals surface area contributed by atoms with Crippen LogP contribution in [0.25, 0.3) is 0 Å². The summed E-state index contributed by atoms with van der Waals surface area (Å²) in [6, 6.07) is 12.8. The third kappa shape index (κ3) is 5.41. The summed E-state index contributed by atoms with van der Waals surface area (Å²) in [7, 11) is 1.56. The molecule has 0 saturated carbocycles. The molecule has 2 aliphatic rings. The van der Waals surface area contributed by atoms with E-state index in [1.807, 2.05) is 26.8 Å². The molecular weight excluding hydrogens is 419 g/mol. The molecule has 2 heterocycles. The summed E-state index contributed by atoms with van der Waals surface area (Å²) < 4.78 is 19.1. The number of hydrogen-bond acceptors (Lipinski definition) is 5. The highest BCUT2D eigenvalue weighted by Crippen LogP contribution is 2.31. The number of nitrogens with zero attached hydrogens (tertiary/aromatic N) is 2. The molecule has 2 aromatic carbocycles. The minimum Gasteiger partial charge on any atom is -0.494 e. The van der Waals surface area contributed by atoms with E-state index < -0.39 is 0 Å². The molecule has 2 unspecified atom stereocenters. The lowest BCUT2D eigenvalue weighted by atomic mass is 9.91. The van der Waals surface area contributed by atoms with Crippen molar-refractivity contribution in [3.05, 3.63) is 53.8 Å². The number of methoxy groups -OCH3 is 1. The number of para-hydroxylation sites is 1. The number of hydrogen-bond donors (Lipinski definition) is 2. The summed E-state index contributed by atoms with van der Waals surface area (Å²) in [6.45, 7) is 9.01. The minimum absolute atomic E-state index is 0.0363. The van der Waals surface area contributed by atoms with Crippen molar-refractivity contribution in [1.82, 2.24) is 10.2 Å². The third-order valence-corrected chi connectivity index (χ3v) is 6.42. The molecule has 6 nitrogen and oxygen atoms in total. The first kappa shape index (κ1) is 23.4. The molecule has 178 valence electrons. The first-order valence-electron chi connectivity index (χ1n) is 11.7. The standard InChI is InChI=1S/C26H35FN4O2/c1-26(2,3)29-25(32)24(21-11-9-18-7-5-6-8-20(18)28-21)31-15-13-30(14-16-31)22-12-10-19(27)17-23(22)33-4/h5-8,10,12,17,21,24,28H,9,11,13-16H2,1-4H3,(H,29,32). The van der Waals surface area contributed by atoms with Gasteiger partial charge in [0.1, 0.15) is 17.6 Å². The number of carbonyl (C=O) groups excluding carboxylic acids is 1. The largest absolute Gasteiger partial charge is 0.494 e. The first-order chi connectivity index (χ1) is 15.7. The normalized spacial score (nSPS) is 19.9. The van der Waals surface area contributed by atoms with Crippen LogP contribution in [-0.2, 0) is 11.2 Å². The Hall–Kier alpha value is -2.80. The first-order valence-corrected chi connectivity index (χ1v) is 11.7. The van der Waals surface area contributed by atoms with E-state index in [0.29, 0.717) is 5.75 Å². The maximum atomic E-state index is 13.6. The highest BCUT2D eigenvalue weighted by Gasteiger charge is 2.38. The van der Waals surface area contributed by atoms with Gasteiger partial charge in [-0.2, -0.15) is 0 Å². The Balaban J connectivity index is 1.52. The van der Waals surface area contributed by atoms with Crippen molar-refractivity contribution in [3.63, 3.8) is 0 Å². The van der Waals surface area contributed by atoms with E-state index >= 15 is 0 Å². The number of halogens is 1. The molecular formula is C26H35FN4O2. The van der Waals surface area contributed by atoms with E-state index in [4.69, 9.17) is 4.74 Å². The molecule has 1 amide bonds. The van der Waals surface area contributed by atoms with E-state index in [1.165, 1.54) is 17.7 Å².